The highest BCUT2D eigenvalue weighted by atomic mass is 16.5. The molecule has 1 heterocycles. The zero-order valence-corrected chi connectivity index (χ0v) is 14.0. The van der Waals surface area contributed by atoms with Crippen LogP contribution in [0.1, 0.15) is 56.6 Å². The van der Waals surface area contributed by atoms with Crippen molar-refractivity contribution in [2.45, 2.75) is 57.5 Å². The van der Waals surface area contributed by atoms with Crippen LogP contribution >= 0.6 is 0 Å². The first-order valence-electron chi connectivity index (χ1n) is 8.75. The van der Waals surface area contributed by atoms with E-state index in [9.17, 15) is 0 Å². The molecule has 0 saturated heterocycles. The van der Waals surface area contributed by atoms with E-state index < -0.39 is 0 Å². The fraction of sp³-hybridized carbons (Fsp3) is 0.632. The van der Waals surface area contributed by atoms with Crippen molar-refractivity contribution in [3.63, 3.8) is 0 Å². The molecule has 2 aliphatic rings. The average molecular weight is 300 g/mol. The van der Waals surface area contributed by atoms with Crippen molar-refractivity contribution in [1.29, 1.82) is 0 Å². The number of aliphatic imine (C=N–C) groups is 1. The van der Waals surface area contributed by atoms with Gasteiger partial charge in [0, 0.05) is 13.6 Å². The standard InChI is InChI=1S/C19H28N2O/c1-3-21(2)15-20-17-8-9-18-16(14-17)10-13-22-19(18)11-6-4-5-7-12-19/h8-9,14-15H,3-7,10-13H2,1-2H3/b20-15+. The third-order valence-corrected chi connectivity index (χ3v) is 5.14. The fourth-order valence-corrected chi connectivity index (χ4v) is 3.71. The molecule has 0 bridgehead atoms. The van der Waals surface area contributed by atoms with Crippen LogP contribution in [0.4, 0.5) is 5.69 Å². The Kier molecular flexibility index (Phi) is 4.82. The highest BCUT2D eigenvalue weighted by Crippen LogP contribution is 2.44. The Morgan fingerprint density at radius 2 is 2.00 bits per heavy atom. The monoisotopic (exact) mass is 300 g/mol. The summed E-state index contributed by atoms with van der Waals surface area (Å²) < 4.78 is 6.32. The Labute approximate surface area is 134 Å². The summed E-state index contributed by atoms with van der Waals surface area (Å²) >= 11 is 0. The van der Waals surface area contributed by atoms with Gasteiger partial charge in [-0.25, -0.2) is 4.99 Å². The minimum Gasteiger partial charge on any atom is -0.370 e. The third-order valence-electron chi connectivity index (χ3n) is 5.14. The maximum absolute atomic E-state index is 6.32. The van der Waals surface area contributed by atoms with E-state index in [1.54, 1.807) is 0 Å². The van der Waals surface area contributed by atoms with Crippen LogP contribution in [-0.2, 0) is 16.8 Å². The quantitative estimate of drug-likeness (QED) is 0.610. The molecule has 3 nitrogen and oxygen atoms in total. The zero-order chi connectivity index (χ0) is 15.4. The van der Waals surface area contributed by atoms with Crippen molar-refractivity contribution in [2.75, 3.05) is 20.2 Å². The second-order valence-electron chi connectivity index (χ2n) is 6.67. The summed E-state index contributed by atoms with van der Waals surface area (Å²) in [7, 11) is 2.05. The van der Waals surface area contributed by atoms with Gasteiger partial charge in [-0.2, -0.15) is 0 Å². The number of hydrogen-bond acceptors (Lipinski definition) is 2. The number of rotatable bonds is 3. The van der Waals surface area contributed by atoms with Gasteiger partial charge in [0.1, 0.15) is 0 Å². The van der Waals surface area contributed by atoms with E-state index in [0.717, 1.165) is 25.3 Å². The first-order chi connectivity index (χ1) is 10.7. The lowest BCUT2D eigenvalue weighted by molar-refractivity contribution is -0.0712. The number of fused-ring (bicyclic) bond motifs is 2. The fourth-order valence-electron chi connectivity index (χ4n) is 3.71. The van der Waals surface area contributed by atoms with Gasteiger partial charge in [-0.05, 0) is 49.4 Å². The summed E-state index contributed by atoms with van der Waals surface area (Å²) in [4.78, 5) is 6.69. The maximum Gasteiger partial charge on any atom is 0.0934 e. The Balaban J connectivity index is 1.87. The van der Waals surface area contributed by atoms with Crippen molar-refractivity contribution in [2.24, 2.45) is 4.99 Å². The van der Waals surface area contributed by atoms with E-state index in [4.69, 9.17) is 4.74 Å². The van der Waals surface area contributed by atoms with E-state index in [-0.39, 0.29) is 5.60 Å². The molecule has 1 saturated carbocycles. The molecule has 1 aliphatic heterocycles. The zero-order valence-electron chi connectivity index (χ0n) is 14.0. The summed E-state index contributed by atoms with van der Waals surface area (Å²) in [6.07, 6.45) is 10.6. The van der Waals surface area contributed by atoms with Gasteiger partial charge in [0.2, 0.25) is 0 Å². The molecule has 120 valence electrons. The number of ether oxygens (including phenoxy) is 1. The summed E-state index contributed by atoms with van der Waals surface area (Å²) in [5, 5.41) is 0. The van der Waals surface area contributed by atoms with Gasteiger partial charge in [0.05, 0.1) is 24.2 Å². The van der Waals surface area contributed by atoms with Gasteiger partial charge in [0.25, 0.3) is 0 Å². The highest BCUT2D eigenvalue weighted by Gasteiger charge is 2.37. The van der Waals surface area contributed by atoms with Crippen molar-refractivity contribution in [1.82, 2.24) is 4.90 Å². The molecular weight excluding hydrogens is 272 g/mol. The SMILES string of the molecule is CCN(C)/C=N/c1ccc2c(c1)CCOC21CCCCCC1. The molecule has 1 spiro atoms. The molecule has 3 heteroatoms. The summed E-state index contributed by atoms with van der Waals surface area (Å²) in [5.41, 5.74) is 3.93. The van der Waals surface area contributed by atoms with Crippen molar-refractivity contribution < 1.29 is 4.74 Å². The number of hydrogen-bond donors (Lipinski definition) is 0. The molecule has 1 aliphatic carbocycles. The predicted octanol–water partition coefficient (Wildman–Crippen LogP) is 4.42. The minimum absolute atomic E-state index is 0.00740. The number of benzene rings is 1. The molecule has 0 radical (unpaired) electrons. The second-order valence-corrected chi connectivity index (χ2v) is 6.67. The Bertz CT molecular complexity index is 530. The largest absolute Gasteiger partial charge is 0.370 e. The predicted molar refractivity (Wildman–Crippen MR) is 91.9 cm³/mol. The van der Waals surface area contributed by atoms with Crippen LogP contribution in [0.15, 0.2) is 23.2 Å². The lowest BCUT2D eigenvalue weighted by Crippen LogP contribution is -2.35. The molecule has 0 aromatic heterocycles. The second kappa shape index (κ2) is 6.82. The molecule has 0 atom stereocenters. The Morgan fingerprint density at radius 3 is 2.73 bits per heavy atom. The molecule has 0 amide bonds. The van der Waals surface area contributed by atoms with Crippen LogP contribution < -0.4 is 0 Å². The van der Waals surface area contributed by atoms with Crippen molar-refractivity contribution in [3.8, 4) is 0 Å². The third kappa shape index (κ3) is 3.19. The van der Waals surface area contributed by atoms with Crippen LogP contribution in [0, 0.1) is 0 Å². The maximum atomic E-state index is 6.32. The van der Waals surface area contributed by atoms with Crippen LogP contribution in [0.25, 0.3) is 0 Å². The van der Waals surface area contributed by atoms with E-state index in [0.29, 0.717) is 0 Å². The topological polar surface area (TPSA) is 24.8 Å². The van der Waals surface area contributed by atoms with Crippen LogP contribution in [0.3, 0.4) is 0 Å². The summed E-state index contributed by atoms with van der Waals surface area (Å²) in [5.74, 6) is 0. The van der Waals surface area contributed by atoms with Gasteiger partial charge in [-0.3, -0.25) is 0 Å². The van der Waals surface area contributed by atoms with E-state index in [1.807, 2.05) is 6.34 Å². The van der Waals surface area contributed by atoms with Crippen molar-refractivity contribution in [3.05, 3.63) is 29.3 Å². The Hall–Kier alpha value is -1.35. The van der Waals surface area contributed by atoms with Crippen LogP contribution in [0.5, 0.6) is 0 Å². The first kappa shape index (κ1) is 15.5. The lowest BCUT2D eigenvalue weighted by atomic mass is 9.81. The van der Waals surface area contributed by atoms with E-state index >= 15 is 0 Å². The molecule has 0 unspecified atom stereocenters. The average Bonchev–Trinajstić information content (AvgIpc) is 2.79. The molecule has 1 fully saturated rings. The van der Waals surface area contributed by atoms with E-state index in [1.165, 1.54) is 49.7 Å². The first-order valence-corrected chi connectivity index (χ1v) is 8.75. The molecule has 1 aromatic carbocycles. The summed E-state index contributed by atoms with van der Waals surface area (Å²) in [6.45, 7) is 3.96. The normalized spacial score (nSPS) is 20.8. The van der Waals surface area contributed by atoms with Crippen LogP contribution in [-0.4, -0.2) is 31.4 Å². The van der Waals surface area contributed by atoms with Crippen LogP contribution in [0.2, 0.25) is 0 Å². The smallest absolute Gasteiger partial charge is 0.0934 e. The molecule has 3 rings (SSSR count). The van der Waals surface area contributed by atoms with Gasteiger partial charge in [-0.15, -0.1) is 0 Å². The molecule has 22 heavy (non-hydrogen) atoms. The van der Waals surface area contributed by atoms with Gasteiger partial charge >= 0.3 is 0 Å². The van der Waals surface area contributed by atoms with E-state index in [2.05, 4.69) is 42.1 Å². The molecule has 1 aromatic rings. The van der Waals surface area contributed by atoms with Gasteiger partial charge in [-0.1, -0.05) is 31.7 Å². The molecule has 0 N–H and O–H groups in total. The highest BCUT2D eigenvalue weighted by molar-refractivity contribution is 5.62. The Morgan fingerprint density at radius 1 is 1.23 bits per heavy atom. The minimum atomic E-state index is -0.00740. The number of nitrogens with zero attached hydrogens (tertiary/aromatic N) is 2. The summed E-state index contributed by atoms with van der Waals surface area (Å²) in [6, 6.07) is 6.70. The lowest BCUT2D eigenvalue weighted by Gasteiger charge is -2.39. The van der Waals surface area contributed by atoms with Gasteiger partial charge in [0.15, 0.2) is 0 Å². The van der Waals surface area contributed by atoms with Gasteiger partial charge < -0.3 is 9.64 Å². The van der Waals surface area contributed by atoms with Crippen molar-refractivity contribution >= 4 is 12.0 Å². The molecular formula is C19H28N2O.